The van der Waals surface area contributed by atoms with Gasteiger partial charge in [-0.1, -0.05) is 12.1 Å². The van der Waals surface area contributed by atoms with Crippen LogP contribution in [0, 0.1) is 11.8 Å². The molecule has 0 spiro atoms. The number of benzene rings is 1. The molecule has 0 aromatic heterocycles. The third kappa shape index (κ3) is 8.79. The molecule has 0 radical (unpaired) electrons. The quantitative estimate of drug-likeness (QED) is 0.270. The Kier molecular flexibility index (Phi) is 12.0. The largest absolute Gasteiger partial charge is 0.378 e. The Morgan fingerprint density at radius 1 is 1.00 bits per heavy atom. The smallest absolute Gasteiger partial charge is 0.240 e. The first-order valence-corrected chi connectivity index (χ1v) is 14.7. The van der Waals surface area contributed by atoms with Gasteiger partial charge in [0.15, 0.2) is 0 Å². The van der Waals surface area contributed by atoms with E-state index in [1.807, 2.05) is 12.1 Å². The molecular weight excluding hydrogens is 513 g/mol. The maximum atomic E-state index is 12.9. The van der Waals surface area contributed by atoms with Crippen molar-refractivity contribution in [2.24, 2.45) is 17.6 Å². The molecule has 1 heterocycles. The molecule has 1 aromatic carbocycles. The van der Waals surface area contributed by atoms with Crippen molar-refractivity contribution in [1.82, 2.24) is 9.62 Å². The van der Waals surface area contributed by atoms with Crippen LogP contribution in [0.25, 0.3) is 0 Å². The predicted octanol–water partition coefficient (Wildman–Crippen LogP) is 2.24. The fourth-order valence-electron chi connectivity index (χ4n) is 5.09. The van der Waals surface area contributed by atoms with Crippen LogP contribution < -0.4 is 10.5 Å². The first kappa shape index (κ1) is 29.1. The van der Waals surface area contributed by atoms with Crippen LogP contribution in [0.3, 0.4) is 0 Å². The number of alkyl halides is 2. The van der Waals surface area contributed by atoms with Gasteiger partial charge in [-0.3, -0.25) is 0 Å². The molecule has 200 valence electrons. The minimum Gasteiger partial charge on any atom is -0.378 e. The van der Waals surface area contributed by atoms with Crippen molar-refractivity contribution in [3.63, 3.8) is 0 Å². The summed E-state index contributed by atoms with van der Waals surface area (Å²) in [6.07, 6.45) is 1.73. The van der Waals surface area contributed by atoms with E-state index in [1.54, 1.807) is 12.1 Å². The number of likely N-dealkylation sites (N-methyl/N-ethyl adjacent to an activating group) is 1. The average molecular weight is 553 g/mol. The topological polar surface area (TPSA) is 103 Å². The van der Waals surface area contributed by atoms with Crippen molar-refractivity contribution < 1.29 is 22.6 Å². The summed E-state index contributed by atoms with van der Waals surface area (Å²) in [6, 6.07) is 7.27. The lowest BCUT2D eigenvalue weighted by atomic mass is 9.67. The van der Waals surface area contributed by atoms with E-state index >= 15 is 0 Å². The number of hydrogen-bond donors (Lipinski definition) is 2. The number of likely N-dealkylation sites (tertiary alicyclic amines) is 1. The lowest BCUT2D eigenvalue weighted by Gasteiger charge is -2.48. The number of rotatable bonds is 14. The van der Waals surface area contributed by atoms with Crippen molar-refractivity contribution in [3.8, 4) is 0 Å². The number of ether oxygens (including phenoxy) is 3. The van der Waals surface area contributed by atoms with Crippen LogP contribution in [-0.2, 0) is 24.2 Å². The molecule has 0 amide bonds. The van der Waals surface area contributed by atoms with Crippen molar-refractivity contribution in [3.05, 3.63) is 29.8 Å². The van der Waals surface area contributed by atoms with Crippen LogP contribution >= 0.6 is 23.2 Å². The number of halogens is 2. The fraction of sp³-hybridized carbons (Fsp3) is 0.750. The van der Waals surface area contributed by atoms with E-state index in [9.17, 15) is 8.42 Å². The van der Waals surface area contributed by atoms with Crippen LogP contribution in [-0.4, -0.2) is 96.9 Å². The van der Waals surface area contributed by atoms with E-state index < -0.39 is 10.0 Å². The molecule has 1 aliphatic heterocycles. The standard InChI is InChI=1S/C24H39Cl2N3O5S/c1-29-16-22(21-14-19(25)15-24(26)23(21)17-29)18-3-2-4-20(13-18)35(30,31)28-6-8-33-10-12-34-11-9-32-7-5-27/h2-4,13,19,21-24,28H,5-12,14-17,27H2,1H3/t19?,21-,22?,23?,24?/m0/s1. The summed E-state index contributed by atoms with van der Waals surface area (Å²) in [6.45, 7) is 5.04. The van der Waals surface area contributed by atoms with Crippen LogP contribution in [0.15, 0.2) is 29.2 Å². The Bertz CT molecular complexity index is 878. The van der Waals surface area contributed by atoms with Crippen LogP contribution in [0.4, 0.5) is 0 Å². The zero-order chi connectivity index (χ0) is 25.3. The Morgan fingerprint density at radius 2 is 1.69 bits per heavy atom. The predicted molar refractivity (Wildman–Crippen MR) is 139 cm³/mol. The molecule has 1 saturated heterocycles. The Labute approximate surface area is 219 Å². The van der Waals surface area contributed by atoms with E-state index in [0.29, 0.717) is 51.4 Å². The van der Waals surface area contributed by atoms with Crippen molar-refractivity contribution >= 4 is 33.2 Å². The lowest BCUT2D eigenvalue weighted by molar-refractivity contribution is 0.0171. The molecule has 11 heteroatoms. The van der Waals surface area contributed by atoms with E-state index in [4.69, 9.17) is 43.1 Å². The zero-order valence-electron chi connectivity index (χ0n) is 20.4. The SMILES string of the molecule is CN1CC(c2cccc(S(=O)(=O)NCCOCCOCCOCCN)c2)[C@@H]2CC(Cl)CC(Cl)C2C1. The highest BCUT2D eigenvalue weighted by atomic mass is 35.5. The van der Waals surface area contributed by atoms with Crippen LogP contribution in [0.1, 0.15) is 24.3 Å². The first-order chi connectivity index (χ1) is 16.8. The van der Waals surface area contributed by atoms with Gasteiger partial charge in [0.1, 0.15) is 0 Å². The average Bonchev–Trinajstić information content (AvgIpc) is 2.82. The first-order valence-electron chi connectivity index (χ1n) is 12.3. The second-order valence-electron chi connectivity index (χ2n) is 9.34. The molecule has 1 aliphatic carbocycles. The summed E-state index contributed by atoms with van der Waals surface area (Å²) in [5.74, 6) is 0.896. The second-order valence-corrected chi connectivity index (χ2v) is 12.3. The molecule has 5 atom stereocenters. The van der Waals surface area contributed by atoms with Crippen LogP contribution in [0.5, 0.6) is 0 Å². The summed E-state index contributed by atoms with van der Waals surface area (Å²) in [4.78, 5) is 2.56. The number of fused-ring (bicyclic) bond motifs is 1. The number of hydrogen-bond acceptors (Lipinski definition) is 7. The molecule has 1 saturated carbocycles. The molecule has 1 aromatic rings. The molecular formula is C24H39Cl2N3O5S. The highest BCUT2D eigenvalue weighted by molar-refractivity contribution is 7.89. The summed E-state index contributed by atoms with van der Waals surface area (Å²) in [5, 5.41) is 0.109. The normalized spacial score (nSPS) is 27.6. The van der Waals surface area contributed by atoms with Gasteiger partial charge in [-0.05, 0) is 55.3 Å². The summed E-state index contributed by atoms with van der Waals surface area (Å²) >= 11 is 13.2. The lowest BCUT2D eigenvalue weighted by Crippen LogP contribution is -2.50. The maximum Gasteiger partial charge on any atom is 0.240 e. The second kappa shape index (κ2) is 14.4. The van der Waals surface area contributed by atoms with Crippen molar-refractivity contribution in [2.75, 3.05) is 72.9 Å². The highest BCUT2D eigenvalue weighted by Gasteiger charge is 2.44. The third-order valence-corrected chi connectivity index (χ3v) is 9.03. The van der Waals surface area contributed by atoms with Gasteiger partial charge < -0.3 is 24.8 Å². The molecule has 3 N–H and O–H groups in total. The Morgan fingerprint density at radius 3 is 2.40 bits per heavy atom. The molecule has 8 nitrogen and oxygen atoms in total. The number of nitrogens with two attached hydrogens (primary N) is 1. The van der Waals surface area contributed by atoms with Gasteiger partial charge in [0.05, 0.1) is 44.5 Å². The van der Waals surface area contributed by atoms with E-state index in [1.165, 1.54) is 0 Å². The molecule has 35 heavy (non-hydrogen) atoms. The molecule has 3 rings (SSSR count). The number of nitrogens with zero attached hydrogens (tertiary/aromatic N) is 1. The van der Waals surface area contributed by atoms with Gasteiger partial charge >= 0.3 is 0 Å². The summed E-state index contributed by atoms with van der Waals surface area (Å²) < 4.78 is 44.5. The molecule has 4 unspecified atom stereocenters. The van der Waals surface area contributed by atoms with Gasteiger partial charge in [0.25, 0.3) is 0 Å². The Hall–Kier alpha value is -0.490. The summed E-state index contributed by atoms with van der Waals surface area (Å²) in [7, 11) is -1.55. The van der Waals surface area contributed by atoms with Gasteiger partial charge in [-0.15, -0.1) is 23.2 Å². The summed E-state index contributed by atoms with van der Waals surface area (Å²) in [5.41, 5.74) is 6.36. The zero-order valence-corrected chi connectivity index (χ0v) is 22.7. The number of piperidine rings is 1. The third-order valence-electron chi connectivity index (χ3n) is 6.71. The van der Waals surface area contributed by atoms with E-state index in [0.717, 1.165) is 31.5 Å². The molecule has 2 fully saturated rings. The number of nitrogens with one attached hydrogen (secondary N) is 1. The molecule has 0 bridgehead atoms. The minimum atomic E-state index is -3.65. The van der Waals surface area contributed by atoms with E-state index in [2.05, 4.69) is 16.7 Å². The van der Waals surface area contributed by atoms with Crippen molar-refractivity contribution in [2.45, 2.75) is 34.4 Å². The molecule has 2 aliphatic rings. The van der Waals surface area contributed by atoms with E-state index in [-0.39, 0.29) is 34.7 Å². The fourth-order valence-corrected chi connectivity index (χ4v) is 7.13. The monoisotopic (exact) mass is 551 g/mol. The van der Waals surface area contributed by atoms with Gasteiger partial charge in [-0.25, -0.2) is 13.1 Å². The maximum absolute atomic E-state index is 12.9. The Balaban J connectivity index is 1.49. The van der Waals surface area contributed by atoms with Gasteiger partial charge in [0.2, 0.25) is 10.0 Å². The van der Waals surface area contributed by atoms with Crippen molar-refractivity contribution in [1.29, 1.82) is 0 Å². The van der Waals surface area contributed by atoms with Crippen LogP contribution in [0.2, 0.25) is 0 Å². The minimum absolute atomic E-state index is 0.0463. The van der Waals surface area contributed by atoms with Gasteiger partial charge in [0, 0.05) is 36.9 Å². The number of sulfonamides is 1. The highest BCUT2D eigenvalue weighted by Crippen LogP contribution is 2.46. The van der Waals surface area contributed by atoms with Gasteiger partial charge in [-0.2, -0.15) is 0 Å².